The van der Waals surface area contributed by atoms with Crippen LogP contribution in [0.3, 0.4) is 0 Å². The maximum Gasteiger partial charge on any atom is 0.242 e. The third-order valence-corrected chi connectivity index (χ3v) is 9.04. The molecule has 5 atom stereocenters. The van der Waals surface area contributed by atoms with Gasteiger partial charge in [-0.25, -0.2) is 0 Å². The van der Waals surface area contributed by atoms with Crippen molar-refractivity contribution >= 4 is 47.5 Å². The predicted octanol–water partition coefficient (Wildman–Crippen LogP) is 2.15. The number of aldehydes is 1. The van der Waals surface area contributed by atoms with Crippen molar-refractivity contribution < 1.29 is 28.8 Å². The molecular formula is C30H53N5O6S. The number of carbonyl (C=O) groups excluding carboxylic acids is 6. The van der Waals surface area contributed by atoms with Crippen LogP contribution in [0.1, 0.15) is 104 Å². The van der Waals surface area contributed by atoms with Crippen molar-refractivity contribution in [3.63, 3.8) is 0 Å². The number of hydrogen-bond donors (Lipinski definition) is 5. The highest BCUT2D eigenvalue weighted by atomic mass is 32.2. The van der Waals surface area contributed by atoms with Crippen LogP contribution in [-0.2, 0) is 28.8 Å². The maximum atomic E-state index is 12.9. The third-order valence-electron chi connectivity index (χ3n) is 7.36. The number of thioether (sulfide) groups is 1. The summed E-state index contributed by atoms with van der Waals surface area (Å²) in [7, 11) is 0. The SMILES string of the molecule is CC(=O)CCCC(=O)NCCCC[C@H](NC(=O)CCCC[C@@H]1SC[C@H](C)[C@@H]1NC(C)=O)C(=O)NCCCC[C@H](N)C=O. The second-order valence-corrected chi connectivity index (χ2v) is 12.7. The van der Waals surface area contributed by atoms with E-state index < -0.39 is 12.1 Å². The molecule has 1 heterocycles. The standard InChI is InChI=1S/C30H53N5O6S/c1-21-20-42-26(29(21)34-23(3)38)14-4-5-15-28(40)35-25(30(41)33-18-8-6-12-24(31)19-36)13-7-9-17-32-27(39)16-10-11-22(2)37/h19,21,24-26,29H,4-18,20,31H2,1-3H3,(H,32,39)(H,33,41)(H,34,38)(H,35,40)/t21-,24-,25-,26-,29-/m0/s1. The molecule has 0 aromatic rings. The van der Waals surface area contributed by atoms with Gasteiger partial charge in [0.1, 0.15) is 18.1 Å². The van der Waals surface area contributed by atoms with Crippen LogP contribution in [0.25, 0.3) is 0 Å². The van der Waals surface area contributed by atoms with Crippen molar-refractivity contribution in [2.45, 2.75) is 128 Å². The summed E-state index contributed by atoms with van der Waals surface area (Å²) in [6.07, 6.45) is 8.46. The van der Waals surface area contributed by atoms with Gasteiger partial charge in [0.05, 0.1) is 6.04 Å². The molecule has 1 rings (SSSR count). The number of Topliss-reactive ketones (excluding diaryl/α,β-unsaturated/α-hetero) is 1. The van der Waals surface area contributed by atoms with Gasteiger partial charge in [0.2, 0.25) is 23.6 Å². The Labute approximate surface area is 255 Å². The van der Waals surface area contributed by atoms with Crippen LogP contribution >= 0.6 is 11.8 Å². The lowest BCUT2D eigenvalue weighted by Crippen LogP contribution is -2.47. The van der Waals surface area contributed by atoms with E-state index >= 15 is 0 Å². The molecule has 1 fully saturated rings. The second kappa shape index (κ2) is 22.1. The van der Waals surface area contributed by atoms with E-state index in [1.54, 1.807) is 6.92 Å². The van der Waals surface area contributed by atoms with E-state index in [-0.39, 0.29) is 35.5 Å². The van der Waals surface area contributed by atoms with Gasteiger partial charge in [0, 0.05) is 50.6 Å². The van der Waals surface area contributed by atoms with Crippen LogP contribution in [0.5, 0.6) is 0 Å². The van der Waals surface area contributed by atoms with Gasteiger partial charge in [0.15, 0.2) is 0 Å². The Morgan fingerprint density at radius 2 is 1.52 bits per heavy atom. The largest absolute Gasteiger partial charge is 0.356 e. The summed E-state index contributed by atoms with van der Waals surface area (Å²) in [5, 5.41) is 12.0. The van der Waals surface area contributed by atoms with Gasteiger partial charge < -0.3 is 36.6 Å². The molecule has 0 unspecified atom stereocenters. The van der Waals surface area contributed by atoms with Crippen LogP contribution in [0.15, 0.2) is 0 Å². The molecule has 6 N–H and O–H groups in total. The van der Waals surface area contributed by atoms with Gasteiger partial charge in [-0.2, -0.15) is 11.8 Å². The van der Waals surface area contributed by atoms with Crippen molar-refractivity contribution in [2.24, 2.45) is 11.7 Å². The third kappa shape index (κ3) is 17.5. The number of rotatable bonds is 23. The lowest BCUT2D eigenvalue weighted by molar-refractivity contribution is -0.129. The molecule has 1 saturated heterocycles. The van der Waals surface area contributed by atoms with E-state index in [0.717, 1.165) is 18.6 Å². The summed E-state index contributed by atoms with van der Waals surface area (Å²) >= 11 is 1.88. The fourth-order valence-corrected chi connectivity index (χ4v) is 6.58. The first kappa shape index (κ1) is 37.6. The number of nitrogens with two attached hydrogens (primary N) is 1. The highest BCUT2D eigenvalue weighted by Crippen LogP contribution is 2.34. The second-order valence-electron chi connectivity index (χ2n) is 11.4. The Bertz CT molecular complexity index is 873. The molecule has 1 aliphatic heterocycles. The van der Waals surface area contributed by atoms with Crippen molar-refractivity contribution in [3.8, 4) is 0 Å². The Hall–Kier alpha value is -2.47. The molecule has 11 nitrogen and oxygen atoms in total. The summed E-state index contributed by atoms with van der Waals surface area (Å²) in [6.45, 7) is 6.10. The van der Waals surface area contributed by atoms with E-state index in [0.29, 0.717) is 101 Å². The molecule has 0 saturated carbocycles. The number of hydrogen-bond acceptors (Lipinski definition) is 8. The first-order chi connectivity index (χ1) is 20.0. The monoisotopic (exact) mass is 611 g/mol. The molecule has 12 heteroatoms. The molecule has 0 spiro atoms. The molecule has 4 amide bonds. The zero-order valence-electron chi connectivity index (χ0n) is 25.7. The number of unbranched alkanes of at least 4 members (excludes halogenated alkanes) is 3. The minimum Gasteiger partial charge on any atom is -0.356 e. The van der Waals surface area contributed by atoms with Crippen molar-refractivity contribution in [2.75, 3.05) is 18.8 Å². The van der Waals surface area contributed by atoms with Crippen molar-refractivity contribution in [1.82, 2.24) is 21.3 Å². The highest BCUT2D eigenvalue weighted by molar-refractivity contribution is 8.00. The minimum absolute atomic E-state index is 0.0142. The van der Waals surface area contributed by atoms with Crippen molar-refractivity contribution in [1.29, 1.82) is 0 Å². The summed E-state index contributed by atoms with van der Waals surface area (Å²) in [5.41, 5.74) is 5.61. The smallest absolute Gasteiger partial charge is 0.242 e. The van der Waals surface area contributed by atoms with Gasteiger partial charge in [-0.05, 0) is 76.4 Å². The first-order valence-corrected chi connectivity index (χ1v) is 16.5. The van der Waals surface area contributed by atoms with Crippen LogP contribution in [0, 0.1) is 5.92 Å². The van der Waals surface area contributed by atoms with Crippen LogP contribution in [-0.4, -0.2) is 77.9 Å². The Balaban J connectivity index is 2.47. The minimum atomic E-state index is -0.670. The zero-order chi connectivity index (χ0) is 31.3. The first-order valence-electron chi connectivity index (χ1n) is 15.5. The molecular weight excluding hydrogens is 558 g/mol. The highest BCUT2D eigenvalue weighted by Gasteiger charge is 2.34. The molecule has 240 valence electrons. The van der Waals surface area contributed by atoms with Gasteiger partial charge in [-0.1, -0.05) is 13.3 Å². The van der Waals surface area contributed by atoms with E-state index in [4.69, 9.17) is 5.73 Å². The average molecular weight is 612 g/mol. The van der Waals surface area contributed by atoms with E-state index in [1.807, 2.05) is 11.8 Å². The normalized spacial score (nSPS) is 19.4. The summed E-state index contributed by atoms with van der Waals surface area (Å²) in [5.74, 6) is 0.981. The Kier molecular flexibility index (Phi) is 19.8. The predicted molar refractivity (Wildman–Crippen MR) is 166 cm³/mol. The van der Waals surface area contributed by atoms with Gasteiger partial charge in [0.25, 0.3) is 0 Å². The fraction of sp³-hybridized carbons (Fsp3) is 0.800. The van der Waals surface area contributed by atoms with E-state index in [9.17, 15) is 28.8 Å². The summed E-state index contributed by atoms with van der Waals surface area (Å²) < 4.78 is 0. The number of amides is 4. The van der Waals surface area contributed by atoms with Crippen LogP contribution in [0.4, 0.5) is 0 Å². The van der Waals surface area contributed by atoms with Gasteiger partial charge in [-0.15, -0.1) is 0 Å². The van der Waals surface area contributed by atoms with Gasteiger partial charge >= 0.3 is 0 Å². The van der Waals surface area contributed by atoms with E-state index in [2.05, 4.69) is 28.2 Å². The molecule has 42 heavy (non-hydrogen) atoms. The van der Waals surface area contributed by atoms with Crippen LogP contribution in [0.2, 0.25) is 0 Å². The molecule has 1 aliphatic rings. The molecule has 0 aliphatic carbocycles. The van der Waals surface area contributed by atoms with Crippen molar-refractivity contribution in [3.05, 3.63) is 0 Å². The lowest BCUT2D eigenvalue weighted by atomic mass is 9.97. The van der Waals surface area contributed by atoms with E-state index in [1.165, 1.54) is 6.92 Å². The summed E-state index contributed by atoms with van der Waals surface area (Å²) in [4.78, 5) is 70.8. The average Bonchev–Trinajstić information content (AvgIpc) is 3.27. The molecule has 0 aromatic heterocycles. The maximum absolute atomic E-state index is 12.9. The fourth-order valence-electron chi connectivity index (χ4n) is 4.94. The zero-order valence-corrected chi connectivity index (χ0v) is 26.5. The van der Waals surface area contributed by atoms with Gasteiger partial charge in [-0.3, -0.25) is 19.2 Å². The quantitative estimate of drug-likeness (QED) is 0.0862. The molecule has 0 bridgehead atoms. The van der Waals surface area contributed by atoms with Crippen LogP contribution < -0.4 is 27.0 Å². The Morgan fingerprint density at radius 1 is 0.857 bits per heavy atom. The number of ketones is 1. The Morgan fingerprint density at radius 3 is 2.19 bits per heavy atom. The molecule has 0 radical (unpaired) electrons. The molecule has 0 aromatic carbocycles. The number of carbonyl (C=O) groups is 6. The lowest BCUT2D eigenvalue weighted by Gasteiger charge is -2.22. The summed E-state index contributed by atoms with van der Waals surface area (Å²) in [6, 6.07) is -1.00. The number of nitrogens with one attached hydrogen (secondary N) is 4. The topological polar surface area (TPSA) is 177 Å².